The van der Waals surface area contributed by atoms with E-state index in [1.165, 1.54) is 6.07 Å². The van der Waals surface area contributed by atoms with Crippen molar-refractivity contribution < 1.29 is 17.9 Å². The Hall–Kier alpha value is -2.06. The Labute approximate surface area is 187 Å². The van der Waals surface area contributed by atoms with E-state index in [0.717, 1.165) is 59.0 Å². The van der Waals surface area contributed by atoms with Crippen molar-refractivity contribution in [3.05, 3.63) is 57.3 Å². The van der Waals surface area contributed by atoms with Gasteiger partial charge in [-0.1, -0.05) is 12.1 Å². The minimum absolute atomic E-state index is 0.280. The number of hydrogen-bond acceptors (Lipinski definition) is 3. The molecule has 1 aliphatic heterocycles. The zero-order chi connectivity index (χ0) is 21.8. The van der Waals surface area contributed by atoms with Gasteiger partial charge in [0.25, 0.3) is 0 Å². The molecule has 3 aromatic rings. The topological polar surface area (TPSA) is 30.3 Å². The maximum atomic E-state index is 13.4. The third kappa shape index (κ3) is 3.96. The summed E-state index contributed by atoms with van der Waals surface area (Å²) in [6.45, 7) is 4.93. The predicted octanol–water partition coefficient (Wildman–Crippen LogP) is 5.89. The lowest BCUT2D eigenvalue weighted by molar-refractivity contribution is -0.138. The monoisotopic (exact) mass is 493 g/mol. The van der Waals surface area contributed by atoms with Gasteiger partial charge >= 0.3 is 6.18 Å². The first-order chi connectivity index (χ1) is 14.8. The molecule has 1 aliphatic carbocycles. The Morgan fingerprint density at radius 3 is 2.58 bits per heavy atom. The average Bonchev–Trinajstić information content (AvgIpc) is 3.52. The molecule has 8 heteroatoms. The average molecular weight is 494 g/mol. The van der Waals surface area contributed by atoms with Crippen LogP contribution in [0.25, 0.3) is 11.0 Å². The summed E-state index contributed by atoms with van der Waals surface area (Å²) in [7, 11) is 0. The molecule has 1 saturated carbocycles. The Bertz CT molecular complexity index is 1130. The van der Waals surface area contributed by atoms with Crippen molar-refractivity contribution in [2.45, 2.75) is 38.4 Å². The van der Waals surface area contributed by atoms with Crippen molar-refractivity contribution in [1.82, 2.24) is 9.55 Å². The van der Waals surface area contributed by atoms with Crippen LogP contribution in [0.3, 0.4) is 0 Å². The second kappa shape index (κ2) is 7.81. The first kappa shape index (κ1) is 20.8. The van der Waals surface area contributed by atoms with Crippen molar-refractivity contribution in [1.29, 1.82) is 0 Å². The maximum absolute atomic E-state index is 13.4. The molecule has 0 atom stereocenters. The maximum Gasteiger partial charge on any atom is 0.416 e. The highest BCUT2D eigenvalue weighted by Crippen LogP contribution is 2.43. The number of morpholine rings is 1. The number of alkyl halides is 3. The molecule has 2 aromatic carbocycles. The van der Waals surface area contributed by atoms with Crippen LogP contribution in [0, 0.1) is 6.92 Å². The largest absolute Gasteiger partial charge is 0.416 e. The number of imidazole rings is 1. The second-order valence-corrected chi connectivity index (χ2v) is 9.17. The quantitative estimate of drug-likeness (QED) is 0.454. The molecule has 4 nitrogen and oxygen atoms in total. The third-order valence-electron chi connectivity index (χ3n) is 6.22. The molecule has 1 aromatic heterocycles. The van der Waals surface area contributed by atoms with Crippen molar-refractivity contribution in [3.8, 4) is 0 Å². The predicted molar refractivity (Wildman–Crippen MR) is 118 cm³/mol. The molecule has 2 heterocycles. The van der Waals surface area contributed by atoms with E-state index in [0.29, 0.717) is 31.2 Å². The van der Waals surface area contributed by atoms with Gasteiger partial charge in [-0.05, 0) is 65.0 Å². The van der Waals surface area contributed by atoms with Crippen LogP contribution in [0.4, 0.5) is 18.9 Å². The van der Waals surface area contributed by atoms with Gasteiger partial charge in [0, 0.05) is 35.7 Å². The Balaban J connectivity index is 1.62. The molecule has 31 heavy (non-hydrogen) atoms. The zero-order valence-electron chi connectivity index (χ0n) is 17.2. The van der Waals surface area contributed by atoms with Crippen molar-refractivity contribution >= 4 is 32.7 Å². The van der Waals surface area contributed by atoms with Crippen LogP contribution >= 0.6 is 15.9 Å². The first-order valence-corrected chi connectivity index (χ1v) is 11.3. The van der Waals surface area contributed by atoms with Crippen LogP contribution in [-0.4, -0.2) is 35.9 Å². The van der Waals surface area contributed by atoms with Gasteiger partial charge < -0.3 is 14.2 Å². The summed E-state index contributed by atoms with van der Waals surface area (Å²) in [6.07, 6.45) is -2.22. The molecule has 5 rings (SSSR count). The number of fused-ring (bicyclic) bond motifs is 1. The van der Waals surface area contributed by atoms with Crippen molar-refractivity contribution in [2.75, 3.05) is 31.2 Å². The van der Waals surface area contributed by atoms with Crippen LogP contribution in [0.1, 0.15) is 41.3 Å². The standard InChI is InChI=1S/C23H23BrF3N3O/c1-14-16(3-2-4-18(14)23(25,26)27)13-30-20-12-17(29-7-9-31-10-8-29)11-19(24)21(20)28-22(30)15-5-6-15/h2-4,11-12,15H,5-10,13H2,1H3. The summed E-state index contributed by atoms with van der Waals surface area (Å²) in [4.78, 5) is 7.18. The number of rotatable bonds is 4. The number of nitrogens with zero attached hydrogens (tertiary/aromatic N) is 3. The fourth-order valence-electron chi connectivity index (χ4n) is 4.34. The lowest BCUT2D eigenvalue weighted by Gasteiger charge is -2.29. The van der Waals surface area contributed by atoms with Gasteiger partial charge in [-0.25, -0.2) is 4.98 Å². The fourth-order valence-corrected chi connectivity index (χ4v) is 4.87. The summed E-state index contributed by atoms with van der Waals surface area (Å²) >= 11 is 3.69. The molecule has 2 aliphatic rings. The number of benzene rings is 2. The summed E-state index contributed by atoms with van der Waals surface area (Å²) in [5.74, 6) is 1.34. The molecular formula is C23H23BrF3N3O. The molecule has 0 bridgehead atoms. The van der Waals surface area contributed by atoms with E-state index in [9.17, 15) is 13.2 Å². The van der Waals surface area contributed by atoms with E-state index >= 15 is 0 Å². The van der Waals surface area contributed by atoms with Gasteiger partial charge in [-0.2, -0.15) is 13.2 Å². The molecule has 0 radical (unpaired) electrons. The van der Waals surface area contributed by atoms with E-state index in [1.54, 1.807) is 13.0 Å². The molecule has 0 N–H and O–H groups in total. The number of hydrogen-bond donors (Lipinski definition) is 0. The number of anilines is 1. The SMILES string of the molecule is Cc1c(Cn2c(C3CC3)nc3c(Br)cc(N4CCOCC4)cc32)cccc1C(F)(F)F. The fraction of sp³-hybridized carbons (Fsp3) is 0.435. The summed E-state index contributed by atoms with van der Waals surface area (Å²) < 4.78 is 48.8. The summed E-state index contributed by atoms with van der Waals surface area (Å²) in [5, 5.41) is 0. The molecule has 2 fully saturated rings. The van der Waals surface area contributed by atoms with E-state index in [1.807, 2.05) is 0 Å². The molecular weight excluding hydrogens is 471 g/mol. The molecule has 0 spiro atoms. The Morgan fingerprint density at radius 1 is 1.16 bits per heavy atom. The number of halogens is 4. The Kier molecular flexibility index (Phi) is 5.25. The second-order valence-electron chi connectivity index (χ2n) is 8.31. The number of aromatic nitrogens is 2. The minimum atomic E-state index is -4.36. The van der Waals surface area contributed by atoms with E-state index in [4.69, 9.17) is 9.72 Å². The van der Waals surface area contributed by atoms with Gasteiger partial charge in [0.1, 0.15) is 11.3 Å². The smallest absolute Gasteiger partial charge is 0.378 e. The van der Waals surface area contributed by atoms with E-state index in [-0.39, 0.29) is 5.56 Å². The Morgan fingerprint density at radius 2 is 1.90 bits per heavy atom. The molecule has 0 amide bonds. The summed E-state index contributed by atoms with van der Waals surface area (Å²) in [6, 6.07) is 8.63. The highest BCUT2D eigenvalue weighted by molar-refractivity contribution is 9.10. The van der Waals surface area contributed by atoms with E-state index < -0.39 is 11.7 Å². The third-order valence-corrected chi connectivity index (χ3v) is 6.82. The van der Waals surface area contributed by atoms with Gasteiger partial charge in [0.2, 0.25) is 0 Å². The van der Waals surface area contributed by atoms with Crippen LogP contribution in [-0.2, 0) is 17.5 Å². The van der Waals surface area contributed by atoms with Gasteiger partial charge in [0.05, 0.1) is 24.3 Å². The van der Waals surface area contributed by atoms with Crippen LogP contribution in [0.2, 0.25) is 0 Å². The van der Waals surface area contributed by atoms with Crippen molar-refractivity contribution in [3.63, 3.8) is 0 Å². The van der Waals surface area contributed by atoms with Crippen molar-refractivity contribution in [2.24, 2.45) is 0 Å². The highest BCUT2D eigenvalue weighted by Gasteiger charge is 2.34. The zero-order valence-corrected chi connectivity index (χ0v) is 18.8. The minimum Gasteiger partial charge on any atom is -0.378 e. The van der Waals surface area contributed by atoms with Gasteiger partial charge in [-0.3, -0.25) is 0 Å². The first-order valence-electron chi connectivity index (χ1n) is 10.5. The molecule has 1 saturated heterocycles. The molecule has 164 valence electrons. The number of ether oxygens (including phenoxy) is 1. The lowest BCUT2D eigenvalue weighted by Crippen LogP contribution is -2.36. The highest BCUT2D eigenvalue weighted by atomic mass is 79.9. The summed E-state index contributed by atoms with van der Waals surface area (Å²) in [5.41, 5.74) is 3.27. The van der Waals surface area contributed by atoms with Crippen LogP contribution < -0.4 is 4.90 Å². The normalized spacial score (nSPS) is 17.5. The van der Waals surface area contributed by atoms with Gasteiger partial charge in [0.15, 0.2) is 0 Å². The van der Waals surface area contributed by atoms with E-state index in [2.05, 4.69) is 37.5 Å². The van der Waals surface area contributed by atoms with Crippen LogP contribution in [0.5, 0.6) is 0 Å². The molecule has 0 unspecified atom stereocenters. The lowest BCUT2D eigenvalue weighted by atomic mass is 10.0. The van der Waals surface area contributed by atoms with Gasteiger partial charge in [-0.15, -0.1) is 0 Å². The van der Waals surface area contributed by atoms with Crippen LogP contribution in [0.15, 0.2) is 34.8 Å².